The highest BCUT2D eigenvalue weighted by Gasteiger charge is 2.27. The van der Waals surface area contributed by atoms with Gasteiger partial charge in [-0.3, -0.25) is 13.8 Å². The summed E-state index contributed by atoms with van der Waals surface area (Å²) < 4.78 is 23.7. The number of carbonyl (C=O) groups is 1. The van der Waals surface area contributed by atoms with Gasteiger partial charge in [-0.05, 0) is 70.6 Å². The zero-order valence-corrected chi connectivity index (χ0v) is 50.5. The second-order valence-electron chi connectivity index (χ2n) is 22.8. The maximum absolute atomic E-state index is 13.0. The highest BCUT2D eigenvalue weighted by molar-refractivity contribution is 7.47. The summed E-state index contributed by atoms with van der Waals surface area (Å²) in [6.07, 6.45) is 76.4. The summed E-state index contributed by atoms with van der Waals surface area (Å²) in [5, 5.41) is 13.9. The van der Waals surface area contributed by atoms with E-state index in [1.807, 2.05) is 27.2 Å². The van der Waals surface area contributed by atoms with E-state index in [1.54, 1.807) is 6.08 Å². The minimum Gasteiger partial charge on any atom is -0.387 e. The van der Waals surface area contributed by atoms with Gasteiger partial charge in [0.15, 0.2) is 0 Å². The van der Waals surface area contributed by atoms with E-state index in [9.17, 15) is 19.4 Å². The first-order valence-electron chi connectivity index (χ1n) is 31.7. The molecule has 0 aromatic heterocycles. The molecule has 0 heterocycles. The van der Waals surface area contributed by atoms with Crippen molar-refractivity contribution < 1.29 is 32.9 Å². The average molecular weight is 1060 g/mol. The number of nitrogens with one attached hydrogen (secondary N) is 1. The van der Waals surface area contributed by atoms with Crippen molar-refractivity contribution in [2.75, 3.05) is 40.9 Å². The fourth-order valence-corrected chi connectivity index (χ4v) is 9.98. The average Bonchev–Trinajstić information content (AvgIpc) is 3.36. The predicted molar refractivity (Wildman–Crippen MR) is 323 cm³/mol. The Kier molecular flexibility index (Phi) is 54.6. The molecule has 0 aliphatic heterocycles. The van der Waals surface area contributed by atoms with Crippen LogP contribution in [0.3, 0.4) is 0 Å². The van der Waals surface area contributed by atoms with Crippen LogP contribution < -0.4 is 5.32 Å². The van der Waals surface area contributed by atoms with E-state index in [0.717, 1.165) is 51.4 Å². The van der Waals surface area contributed by atoms with Gasteiger partial charge >= 0.3 is 7.82 Å². The third-order valence-corrected chi connectivity index (χ3v) is 15.2. The maximum atomic E-state index is 13.0. The molecular formula is C65H124N2O6P+. The van der Waals surface area contributed by atoms with Crippen LogP contribution in [0.25, 0.3) is 0 Å². The number of unbranched alkanes of at least 4 members (excludes halogenated alkanes) is 37. The molecule has 0 rings (SSSR count). The van der Waals surface area contributed by atoms with E-state index in [2.05, 4.69) is 67.8 Å². The van der Waals surface area contributed by atoms with Crippen molar-refractivity contribution >= 4 is 13.7 Å². The third-order valence-electron chi connectivity index (χ3n) is 14.2. The quantitative estimate of drug-likeness (QED) is 0.0243. The first-order chi connectivity index (χ1) is 36.0. The number of phosphoric ester groups is 1. The summed E-state index contributed by atoms with van der Waals surface area (Å²) in [4.78, 5) is 23.3. The molecule has 0 saturated carbocycles. The highest BCUT2D eigenvalue weighted by atomic mass is 31.2. The number of quaternary nitrogens is 1. The summed E-state index contributed by atoms with van der Waals surface area (Å²) in [5.74, 6) is -0.184. The molecule has 3 atom stereocenters. The van der Waals surface area contributed by atoms with Crippen molar-refractivity contribution in [3.05, 3.63) is 60.8 Å². The summed E-state index contributed by atoms with van der Waals surface area (Å²) in [7, 11) is 1.56. The van der Waals surface area contributed by atoms with Crippen molar-refractivity contribution in [3.8, 4) is 0 Å². The summed E-state index contributed by atoms with van der Waals surface area (Å²) in [6, 6.07) is -0.864. The number of hydrogen-bond donors (Lipinski definition) is 3. The van der Waals surface area contributed by atoms with Gasteiger partial charge in [0.05, 0.1) is 39.9 Å². The molecule has 0 fully saturated rings. The van der Waals surface area contributed by atoms with E-state index in [-0.39, 0.29) is 19.1 Å². The number of nitrogens with zero attached hydrogens (tertiary/aromatic N) is 1. The Labute approximate surface area is 460 Å². The number of rotatable bonds is 58. The molecule has 3 N–H and O–H groups in total. The van der Waals surface area contributed by atoms with Gasteiger partial charge in [0.25, 0.3) is 0 Å². The molecule has 1 amide bonds. The summed E-state index contributed by atoms with van der Waals surface area (Å²) >= 11 is 0. The normalized spacial score (nSPS) is 14.2. The van der Waals surface area contributed by atoms with E-state index in [0.29, 0.717) is 17.4 Å². The van der Waals surface area contributed by atoms with Gasteiger partial charge in [-0.1, -0.05) is 280 Å². The van der Waals surface area contributed by atoms with Crippen molar-refractivity contribution in [2.24, 2.45) is 0 Å². The molecule has 0 aromatic rings. The topological polar surface area (TPSA) is 105 Å². The second-order valence-corrected chi connectivity index (χ2v) is 24.2. The third kappa shape index (κ3) is 57.9. The van der Waals surface area contributed by atoms with Gasteiger partial charge in [-0.15, -0.1) is 0 Å². The Bertz CT molecular complexity index is 1390. The SMILES string of the molecule is CCCCCCC/C=C\C/C=C\C/C=C\CCCCCCCCCCCCCCCCCCCCCCC(=O)NC(COP(=O)(O)OCC[N+](C)(C)C)C(O)/C=C/CC/C=C/CCCCCCCCCCCCC. The summed E-state index contributed by atoms with van der Waals surface area (Å²) in [6.45, 7) is 4.81. The Morgan fingerprint density at radius 2 is 0.784 bits per heavy atom. The fraction of sp³-hybridized carbons (Fsp3) is 0.831. The molecule has 0 aliphatic rings. The van der Waals surface area contributed by atoms with Crippen LogP contribution in [0, 0.1) is 0 Å². The first kappa shape index (κ1) is 72.2. The number of amides is 1. The molecule has 0 saturated heterocycles. The van der Waals surface area contributed by atoms with Crippen molar-refractivity contribution in [2.45, 2.75) is 309 Å². The van der Waals surface area contributed by atoms with E-state index in [4.69, 9.17) is 9.05 Å². The maximum Gasteiger partial charge on any atom is 0.472 e. The molecule has 3 unspecified atom stereocenters. The van der Waals surface area contributed by atoms with E-state index < -0.39 is 20.0 Å². The van der Waals surface area contributed by atoms with Crippen LogP contribution in [-0.4, -0.2) is 73.4 Å². The van der Waals surface area contributed by atoms with Gasteiger partial charge in [0.1, 0.15) is 13.2 Å². The lowest BCUT2D eigenvalue weighted by molar-refractivity contribution is -0.870. The Balaban J connectivity index is 4.04. The van der Waals surface area contributed by atoms with Gasteiger partial charge in [0, 0.05) is 6.42 Å². The number of hydrogen-bond acceptors (Lipinski definition) is 5. The van der Waals surface area contributed by atoms with Gasteiger partial charge in [0.2, 0.25) is 5.91 Å². The molecule has 9 heteroatoms. The van der Waals surface area contributed by atoms with Crippen LogP contribution in [0.2, 0.25) is 0 Å². The van der Waals surface area contributed by atoms with Crippen LogP contribution in [-0.2, 0) is 18.4 Å². The predicted octanol–water partition coefficient (Wildman–Crippen LogP) is 19.7. The molecule has 0 bridgehead atoms. The minimum absolute atomic E-state index is 0.0563. The minimum atomic E-state index is -4.36. The summed E-state index contributed by atoms with van der Waals surface area (Å²) in [5.41, 5.74) is 0. The Hall–Kier alpha value is -1.80. The number of likely N-dealkylation sites (N-methyl/N-ethyl adjacent to an activating group) is 1. The van der Waals surface area contributed by atoms with Gasteiger partial charge < -0.3 is 19.8 Å². The van der Waals surface area contributed by atoms with Crippen LogP contribution in [0.15, 0.2) is 60.8 Å². The fourth-order valence-electron chi connectivity index (χ4n) is 9.24. The van der Waals surface area contributed by atoms with Crippen LogP contribution in [0.4, 0.5) is 0 Å². The molecule has 0 spiro atoms. The van der Waals surface area contributed by atoms with Crippen molar-refractivity contribution in [1.82, 2.24) is 5.32 Å². The Morgan fingerprint density at radius 3 is 1.18 bits per heavy atom. The molecule has 434 valence electrons. The standard InChI is InChI=1S/C65H123N2O6P/c1-6-8-10-12-14-16-18-20-22-24-25-26-27-28-29-30-31-32-33-34-35-36-37-38-39-40-41-43-45-47-49-51-53-55-57-59-65(69)66-63(62-73-74(70,71)72-61-60-67(3,4)5)64(68)58-56-54-52-50-48-46-44-42-23-21-19-17-15-13-11-9-7-2/h18,20,24-25,27-28,48,50,56,58,63-64,68H,6-17,19,21-23,26,29-47,49,51-55,57,59-62H2,1-5H3,(H-,66,69,70,71)/p+1/b20-18-,25-24-,28-27-,50-48+,58-56+. The largest absolute Gasteiger partial charge is 0.472 e. The van der Waals surface area contributed by atoms with Gasteiger partial charge in [-0.25, -0.2) is 4.57 Å². The second kappa shape index (κ2) is 55.9. The lowest BCUT2D eigenvalue weighted by Gasteiger charge is -2.25. The van der Waals surface area contributed by atoms with E-state index >= 15 is 0 Å². The smallest absolute Gasteiger partial charge is 0.387 e. The lowest BCUT2D eigenvalue weighted by Crippen LogP contribution is -2.45. The molecule has 0 aromatic carbocycles. The molecule has 74 heavy (non-hydrogen) atoms. The molecule has 0 radical (unpaired) electrons. The number of aliphatic hydroxyl groups excluding tert-OH is 1. The monoisotopic (exact) mass is 1060 g/mol. The van der Waals surface area contributed by atoms with Gasteiger partial charge in [-0.2, -0.15) is 0 Å². The Morgan fingerprint density at radius 1 is 0.459 bits per heavy atom. The lowest BCUT2D eigenvalue weighted by atomic mass is 10.0. The number of phosphoric acid groups is 1. The molecule has 8 nitrogen and oxygen atoms in total. The van der Waals surface area contributed by atoms with Crippen molar-refractivity contribution in [3.63, 3.8) is 0 Å². The number of aliphatic hydroxyl groups is 1. The number of allylic oxidation sites excluding steroid dienone is 9. The van der Waals surface area contributed by atoms with Crippen LogP contribution in [0.5, 0.6) is 0 Å². The molecule has 0 aliphatic carbocycles. The van der Waals surface area contributed by atoms with Crippen molar-refractivity contribution in [1.29, 1.82) is 0 Å². The zero-order valence-electron chi connectivity index (χ0n) is 49.6. The van der Waals surface area contributed by atoms with Crippen LogP contribution >= 0.6 is 7.82 Å². The number of carbonyl (C=O) groups excluding carboxylic acids is 1. The first-order valence-corrected chi connectivity index (χ1v) is 33.2. The van der Waals surface area contributed by atoms with Crippen LogP contribution in [0.1, 0.15) is 296 Å². The zero-order chi connectivity index (χ0) is 54.2. The van der Waals surface area contributed by atoms with E-state index in [1.165, 1.54) is 225 Å². The highest BCUT2D eigenvalue weighted by Crippen LogP contribution is 2.43. The molecular weight excluding hydrogens is 936 g/mol.